The van der Waals surface area contributed by atoms with Crippen molar-refractivity contribution >= 4 is 22.7 Å². The fraction of sp³-hybridized carbons (Fsp3) is 0.214. The molecular weight excluding hydrogens is 274 g/mol. The van der Waals surface area contributed by atoms with Gasteiger partial charge in [-0.2, -0.15) is 5.26 Å². The Kier molecular flexibility index (Phi) is 4.33. The van der Waals surface area contributed by atoms with Crippen LogP contribution in [0.3, 0.4) is 0 Å². The third-order valence-corrected chi connectivity index (χ3v) is 3.85. The lowest BCUT2D eigenvalue weighted by Gasteiger charge is -2.06. The van der Waals surface area contributed by atoms with Gasteiger partial charge in [0.2, 0.25) is 0 Å². The van der Waals surface area contributed by atoms with Crippen molar-refractivity contribution in [3.63, 3.8) is 0 Å². The number of nitro benzene ring substituents is 1. The van der Waals surface area contributed by atoms with Crippen molar-refractivity contribution in [1.82, 2.24) is 0 Å². The SMILES string of the molecule is CCc1ccc(NCc2cc(C#N)cs2)cc1[N+](=O)[O-]. The van der Waals surface area contributed by atoms with Gasteiger partial charge in [0, 0.05) is 34.1 Å². The van der Waals surface area contributed by atoms with Crippen LogP contribution in [0.25, 0.3) is 0 Å². The van der Waals surface area contributed by atoms with Crippen LogP contribution in [0.4, 0.5) is 11.4 Å². The zero-order chi connectivity index (χ0) is 14.5. The third kappa shape index (κ3) is 3.13. The molecule has 0 unspecified atom stereocenters. The van der Waals surface area contributed by atoms with E-state index in [9.17, 15) is 10.1 Å². The summed E-state index contributed by atoms with van der Waals surface area (Å²) in [5.41, 5.74) is 2.21. The average molecular weight is 287 g/mol. The molecule has 0 atom stereocenters. The highest BCUT2D eigenvalue weighted by molar-refractivity contribution is 7.10. The summed E-state index contributed by atoms with van der Waals surface area (Å²) in [5, 5.41) is 24.7. The topological polar surface area (TPSA) is 79.0 Å². The highest BCUT2D eigenvalue weighted by Crippen LogP contribution is 2.24. The number of nitriles is 1. The molecule has 1 aromatic carbocycles. The molecule has 1 heterocycles. The number of rotatable bonds is 5. The normalized spacial score (nSPS) is 10.0. The van der Waals surface area contributed by atoms with Gasteiger partial charge in [-0.25, -0.2) is 0 Å². The van der Waals surface area contributed by atoms with Crippen LogP contribution in [0.1, 0.15) is 22.9 Å². The fourth-order valence-electron chi connectivity index (χ4n) is 1.86. The molecular formula is C14H13N3O2S. The zero-order valence-corrected chi connectivity index (χ0v) is 11.7. The molecule has 2 aromatic rings. The Morgan fingerprint density at radius 2 is 2.25 bits per heavy atom. The number of aryl methyl sites for hydroxylation is 1. The molecule has 0 spiro atoms. The molecule has 0 radical (unpaired) electrons. The second kappa shape index (κ2) is 6.17. The van der Waals surface area contributed by atoms with E-state index in [4.69, 9.17) is 5.26 Å². The van der Waals surface area contributed by atoms with E-state index < -0.39 is 0 Å². The van der Waals surface area contributed by atoms with Crippen molar-refractivity contribution in [2.24, 2.45) is 0 Å². The number of nitro groups is 1. The fourth-order valence-corrected chi connectivity index (χ4v) is 2.61. The molecule has 6 heteroatoms. The van der Waals surface area contributed by atoms with Crippen LogP contribution in [-0.4, -0.2) is 4.92 Å². The van der Waals surface area contributed by atoms with Crippen LogP contribution < -0.4 is 5.32 Å². The van der Waals surface area contributed by atoms with Gasteiger partial charge in [0.15, 0.2) is 0 Å². The van der Waals surface area contributed by atoms with Crippen molar-refractivity contribution in [1.29, 1.82) is 5.26 Å². The van der Waals surface area contributed by atoms with E-state index in [2.05, 4.69) is 11.4 Å². The number of nitrogens with zero attached hydrogens (tertiary/aromatic N) is 2. The molecule has 0 amide bonds. The largest absolute Gasteiger partial charge is 0.380 e. The smallest absolute Gasteiger partial charge is 0.274 e. The quantitative estimate of drug-likeness (QED) is 0.671. The number of hydrogen-bond acceptors (Lipinski definition) is 5. The monoisotopic (exact) mass is 287 g/mol. The van der Waals surface area contributed by atoms with Gasteiger partial charge in [-0.15, -0.1) is 11.3 Å². The molecule has 102 valence electrons. The predicted octanol–water partition coefficient (Wildman–Crippen LogP) is 3.70. The van der Waals surface area contributed by atoms with Gasteiger partial charge in [0.1, 0.15) is 6.07 Å². The summed E-state index contributed by atoms with van der Waals surface area (Å²) < 4.78 is 0. The van der Waals surface area contributed by atoms with Gasteiger partial charge >= 0.3 is 0 Å². The number of nitrogens with one attached hydrogen (secondary N) is 1. The highest BCUT2D eigenvalue weighted by atomic mass is 32.1. The number of hydrogen-bond donors (Lipinski definition) is 1. The van der Waals surface area contributed by atoms with Crippen LogP contribution in [0.15, 0.2) is 29.6 Å². The van der Waals surface area contributed by atoms with Gasteiger partial charge in [0.25, 0.3) is 5.69 Å². The first-order valence-corrected chi connectivity index (χ1v) is 7.00. The molecule has 0 fully saturated rings. The second-order valence-electron chi connectivity index (χ2n) is 4.22. The van der Waals surface area contributed by atoms with Crippen molar-refractivity contribution in [2.75, 3.05) is 5.32 Å². The van der Waals surface area contributed by atoms with E-state index in [0.717, 1.165) is 10.4 Å². The summed E-state index contributed by atoms with van der Waals surface area (Å²) in [5.74, 6) is 0. The van der Waals surface area contributed by atoms with Gasteiger partial charge in [0.05, 0.1) is 10.5 Å². The van der Waals surface area contributed by atoms with Crippen LogP contribution in [0.2, 0.25) is 0 Å². The third-order valence-electron chi connectivity index (χ3n) is 2.91. The maximum atomic E-state index is 11.0. The van der Waals surface area contributed by atoms with Crippen LogP contribution in [0.5, 0.6) is 0 Å². The Labute approximate surface area is 120 Å². The van der Waals surface area contributed by atoms with Gasteiger partial charge < -0.3 is 5.32 Å². The van der Waals surface area contributed by atoms with Gasteiger partial charge in [-0.05, 0) is 18.6 Å². The summed E-state index contributed by atoms with van der Waals surface area (Å²) in [7, 11) is 0. The van der Waals surface area contributed by atoms with E-state index in [-0.39, 0.29) is 10.6 Å². The first kappa shape index (κ1) is 14.0. The standard InChI is InChI=1S/C14H13N3O2S/c1-2-11-3-4-12(6-14(11)17(18)19)16-8-13-5-10(7-15)9-20-13/h3-6,9,16H,2,8H2,1H3. The number of benzene rings is 1. The molecule has 1 aromatic heterocycles. The first-order valence-electron chi connectivity index (χ1n) is 6.12. The van der Waals surface area contributed by atoms with Crippen LogP contribution in [0, 0.1) is 21.4 Å². The minimum Gasteiger partial charge on any atom is -0.380 e. The van der Waals surface area contributed by atoms with E-state index in [0.29, 0.717) is 24.2 Å². The molecule has 1 N–H and O–H groups in total. The first-order chi connectivity index (χ1) is 9.63. The van der Waals surface area contributed by atoms with Crippen molar-refractivity contribution in [3.8, 4) is 6.07 Å². The molecule has 0 saturated heterocycles. The Hall–Kier alpha value is -2.39. The molecule has 0 aliphatic carbocycles. The minimum absolute atomic E-state index is 0.140. The van der Waals surface area contributed by atoms with Gasteiger partial charge in [-0.3, -0.25) is 10.1 Å². The Morgan fingerprint density at radius 1 is 1.45 bits per heavy atom. The van der Waals surface area contributed by atoms with Gasteiger partial charge in [-0.1, -0.05) is 13.0 Å². The molecule has 2 rings (SSSR count). The Balaban J connectivity index is 2.12. The zero-order valence-electron chi connectivity index (χ0n) is 10.9. The summed E-state index contributed by atoms with van der Waals surface area (Å²) >= 11 is 1.49. The van der Waals surface area contributed by atoms with Crippen molar-refractivity contribution < 1.29 is 4.92 Å². The van der Waals surface area contributed by atoms with Crippen molar-refractivity contribution in [3.05, 3.63) is 55.8 Å². The van der Waals surface area contributed by atoms with Crippen LogP contribution in [-0.2, 0) is 13.0 Å². The number of anilines is 1. The summed E-state index contributed by atoms with van der Waals surface area (Å²) in [6.07, 6.45) is 0.632. The Bertz CT molecular complexity index is 673. The summed E-state index contributed by atoms with van der Waals surface area (Å²) in [6.45, 7) is 2.44. The maximum Gasteiger partial charge on any atom is 0.274 e. The van der Waals surface area contributed by atoms with Crippen molar-refractivity contribution in [2.45, 2.75) is 19.9 Å². The van der Waals surface area contributed by atoms with Crippen LogP contribution >= 0.6 is 11.3 Å². The van der Waals surface area contributed by atoms with E-state index in [1.54, 1.807) is 17.5 Å². The average Bonchev–Trinajstić information content (AvgIpc) is 2.92. The highest BCUT2D eigenvalue weighted by Gasteiger charge is 2.12. The molecule has 5 nitrogen and oxygen atoms in total. The number of thiophene rings is 1. The summed E-state index contributed by atoms with van der Waals surface area (Å²) in [6, 6.07) is 9.05. The lowest BCUT2D eigenvalue weighted by atomic mass is 10.1. The molecule has 0 bridgehead atoms. The van der Waals surface area contributed by atoms with E-state index in [1.165, 1.54) is 11.3 Å². The molecule has 0 saturated carbocycles. The lowest BCUT2D eigenvalue weighted by molar-refractivity contribution is -0.385. The minimum atomic E-state index is -0.358. The predicted molar refractivity (Wildman–Crippen MR) is 78.8 cm³/mol. The molecule has 0 aliphatic heterocycles. The van der Waals surface area contributed by atoms with E-state index >= 15 is 0 Å². The second-order valence-corrected chi connectivity index (χ2v) is 5.22. The molecule has 20 heavy (non-hydrogen) atoms. The lowest BCUT2D eigenvalue weighted by Crippen LogP contribution is -2.00. The maximum absolute atomic E-state index is 11.0. The summed E-state index contributed by atoms with van der Waals surface area (Å²) in [4.78, 5) is 11.7. The van der Waals surface area contributed by atoms with E-state index in [1.807, 2.05) is 19.1 Å². The Morgan fingerprint density at radius 3 is 2.85 bits per heavy atom. The molecule has 0 aliphatic rings.